The zero-order valence-corrected chi connectivity index (χ0v) is 25.7. The first-order valence-electron chi connectivity index (χ1n) is 15.2. The lowest BCUT2D eigenvalue weighted by Gasteiger charge is -2.38. The SMILES string of the molecule is COc1ccc(C(=O)Nc2cc(C(=O)NCCCN3CCCC3=O)ccc2N2CCN(c3ccccc3C)CC2)c(OC)c1. The molecule has 10 heteroatoms. The van der Waals surface area contributed by atoms with Gasteiger partial charge in [-0.25, -0.2) is 0 Å². The smallest absolute Gasteiger partial charge is 0.259 e. The van der Waals surface area contributed by atoms with Crippen molar-refractivity contribution in [3.05, 3.63) is 77.4 Å². The van der Waals surface area contributed by atoms with E-state index in [1.807, 2.05) is 17.0 Å². The van der Waals surface area contributed by atoms with E-state index in [2.05, 4.69) is 45.6 Å². The lowest BCUT2D eigenvalue weighted by Crippen LogP contribution is -2.47. The number of hydrogen-bond donors (Lipinski definition) is 2. The van der Waals surface area contributed by atoms with E-state index in [9.17, 15) is 14.4 Å². The Morgan fingerprint density at radius 1 is 0.841 bits per heavy atom. The molecule has 2 N–H and O–H groups in total. The van der Waals surface area contributed by atoms with Crippen LogP contribution in [0.3, 0.4) is 0 Å². The molecule has 0 aliphatic carbocycles. The average molecular weight is 600 g/mol. The van der Waals surface area contributed by atoms with E-state index >= 15 is 0 Å². The molecule has 10 nitrogen and oxygen atoms in total. The highest BCUT2D eigenvalue weighted by Crippen LogP contribution is 2.32. The highest BCUT2D eigenvalue weighted by atomic mass is 16.5. The molecule has 3 aromatic carbocycles. The van der Waals surface area contributed by atoms with Crippen LogP contribution in [0.25, 0.3) is 0 Å². The summed E-state index contributed by atoms with van der Waals surface area (Å²) in [6.07, 6.45) is 2.19. The third-order valence-electron chi connectivity index (χ3n) is 8.30. The second-order valence-corrected chi connectivity index (χ2v) is 11.1. The first-order chi connectivity index (χ1) is 21.4. The number of carbonyl (C=O) groups is 3. The molecule has 3 aromatic rings. The van der Waals surface area contributed by atoms with E-state index in [1.165, 1.54) is 18.4 Å². The zero-order chi connectivity index (χ0) is 31.1. The minimum atomic E-state index is -0.350. The molecule has 0 bridgehead atoms. The van der Waals surface area contributed by atoms with Crippen LogP contribution in [0.2, 0.25) is 0 Å². The van der Waals surface area contributed by atoms with E-state index in [0.29, 0.717) is 54.2 Å². The molecule has 0 radical (unpaired) electrons. The topological polar surface area (TPSA) is 103 Å². The highest BCUT2D eigenvalue weighted by Gasteiger charge is 2.24. The molecule has 0 atom stereocenters. The maximum absolute atomic E-state index is 13.6. The number of anilines is 3. The molecule has 0 aromatic heterocycles. The summed E-state index contributed by atoms with van der Waals surface area (Å²) < 4.78 is 10.8. The van der Waals surface area contributed by atoms with Crippen molar-refractivity contribution in [1.82, 2.24) is 10.2 Å². The van der Waals surface area contributed by atoms with Gasteiger partial charge >= 0.3 is 0 Å². The number of carbonyl (C=O) groups excluding carboxylic acids is 3. The van der Waals surface area contributed by atoms with E-state index < -0.39 is 0 Å². The summed E-state index contributed by atoms with van der Waals surface area (Å²) >= 11 is 0. The van der Waals surface area contributed by atoms with Crippen molar-refractivity contribution in [2.24, 2.45) is 0 Å². The van der Waals surface area contributed by atoms with E-state index in [4.69, 9.17) is 9.47 Å². The number of hydrogen-bond acceptors (Lipinski definition) is 7. The predicted molar refractivity (Wildman–Crippen MR) is 172 cm³/mol. The third-order valence-corrected chi connectivity index (χ3v) is 8.30. The van der Waals surface area contributed by atoms with Crippen molar-refractivity contribution in [1.29, 1.82) is 0 Å². The maximum atomic E-state index is 13.6. The number of aryl methyl sites for hydroxylation is 1. The zero-order valence-electron chi connectivity index (χ0n) is 25.7. The number of ether oxygens (including phenoxy) is 2. The summed E-state index contributed by atoms with van der Waals surface area (Å²) in [7, 11) is 3.07. The Balaban J connectivity index is 1.33. The van der Waals surface area contributed by atoms with Gasteiger partial charge in [-0.3, -0.25) is 14.4 Å². The van der Waals surface area contributed by atoms with Crippen LogP contribution >= 0.6 is 0 Å². The summed E-state index contributed by atoms with van der Waals surface area (Å²) in [6, 6.07) is 18.9. The summed E-state index contributed by atoms with van der Waals surface area (Å²) in [6.45, 7) is 7.16. The summed E-state index contributed by atoms with van der Waals surface area (Å²) in [5.74, 6) is 0.572. The number of piperazine rings is 1. The predicted octanol–water partition coefficient (Wildman–Crippen LogP) is 4.33. The van der Waals surface area contributed by atoms with Gasteiger partial charge in [0.2, 0.25) is 5.91 Å². The third kappa shape index (κ3) is 7.07. The Kier molecular flexibility index (Phi) is 9.89. The average Bonchev–Trinajstić information content (AvgIpc) is 3.47. The second-order valence-electron chi connectivity index (χ2n) is 11.1. The fourth-order valence-corrected chi connectivity index (χ4v) is 5.85. The van der Waals surface area contributed by atoms with Crippen molar-refractivity contribution in [2.45, 2.75) is 26.2 Å². The minimum absolute atomic E-state index is 0.181. The standard InChI is InChI=1S/C34H41N5O5/c1-24-8-4-5-9-29(24)37-18-20-38(21-19-37)30-14-11-25(33(41)35-15-7-17-39-16-6-10-32(39)40)22-28(30)36-34(42)27-13-12-26(43-2)23-31(27)44-3/h4-5,8-9,11-14,22-23H,6-7,10,15-21H2,1-3H3,(H,35,41)(H,36,42). The first kappa shape index (κ1) is 30.7. The van der Waals surface area contributed by atoms with Crippen LogP contribution in [0.15, 0.2) is 60.7 Å². The molecule has 232 valence electrons. The molecule has 2 fully saturated rings. The molecule has 2 aliphatic rings. The van der Waals surface area contributed by atoms with Crippen LogP contribution in [-0.4, -0.2) is 82.7 Å². The quantitative estimate of drug-likeness (QED) is 0.316. The number of benzene rings is 3. The van der Waals surface area contributed by atoms with Crippen molar-refractivity contribution < 1.29 is 23.9 Å². The van der Waals surface area contributed by atoms with Crippen LogP contribution in [0.5, 0.6) is 11.5 Å². The summed E-state index contributed by atoms with van der Waals surface area (Å²) in [5, 5.41) is 6.02. The van der Waals surface area contributed by atoms with Gasteiger partial charge in [-0.2, -0.15) is 0 Å². The van der Waals surface area contributed by atoms with E-state index in [-0.39, 0.29) is 17.7 Å². The number of likely N-dealkylation sites (tertiary alicyclic amines) is 1. The van der Waals surface area contributed by atoms with Gasteiger partial charge in [-0.05, 0) is 61.7 Å². The molecule has 2 aliphatic heterocycles. The Labute approximate surface area is 258 Å². The molecular weight excluding hydrogens is 558 g/mol. The van der Waals surface area contributed by atoms with Crippen LogP contribution in [0, 0.1) is 6.92 Å². The molecule has 0 saturated carbocycles. The van der Waals surface area contributed by atoms with Crippen molar-refractivity contribution in [2.75, 3.05) is 75.1 Å². The number of nitrogens with one attached hydrogen (secondary N) is 2. The fourth-order valence-electron chi connectivity index (χ4n) is 5.85. The number of nitrogens with zero attached hydrogens (tertiary/aromatic N) is 3. The Morgan fingerprint density at radius 3 is 2.27 bits per heavy atom. The number of amides is 3. The molecule has 0 spiro atoms. The Morgan fingerprint density at radius 2 is 1.59 bits per heavy atom. The van der Waals surface area contributed by atoms with E-state index in [1.54, 1.807) is 37.4 Å². The lowest BCUT2D eigenvalue weighted by atomic mass is 10.1. The molecule has 44 heavy (non-hydrogen) atoms. The van der Waals surface area contributed by atoms with Crippen molar-refractivity contribution in [3.8, 4) is 11.5 Å². The van der Waals surface area contributed by atoms with Gasteiger partial charge in [0.1, 0.15) is 11.5 Å². The van der Waals surface area contributed by atoms with Gasteiger partial charge in [0.05, 0.1) is 31.2 Å². The van der Waals surface area contributed by atoms with Gasteiger partial charge in [0, 0.05) is 69.6 Å². The summed E-state index contributed by atoms with van der Waals surface area (Å²) in [4.78, 5) is 45.0. The number of methoxy groups -OCH3 is 2. The number of rotatable bonds is 11. The first-order valence-corrected chi connectivity index (χ1v) is 15.2. The number of para-hydroxylation sites is 1. The fraction of sp³-hybridized carbons (Fsp3) is 0.382. The van der Waals surface area contributed by atoms with Gasteiger partial charge in [0.25, 0.3) is 11.8 Å². The lowest BCUT2D eigenvalue weighted by molar-refractivity contribution is -0.127. The molecule has 5 rings (SSSR count). The molecule has 2 saturated heterocycles. The maximum Gasteiger partial charge on any atom is 0.259 e. The molecule has 0 unspecified atom stereocenters. The monoisotopic (exact) mass is 599 g/mol. The minimum Gasteiger partial charge on any atom is -0.497 e. The Bertz CT molecular complexity index is 1500. The largest absolute Gasteiger partial charge is 0.497 e. The van der Waals surface area contributed by atoms with Gasteiger partial charge in [-0.1, -0.05) is 18.2 Å². The normalized spacial score (nSPS) is 14.9. The van der Waals surface area contributed by atoms with Crippen molar-refractivity contribution in [3.63, 3.8) is 0 Å². The highest BCUT2D eigenvalue weighted by molar-refractivity contribution is 6.08. The van der Waals surface area contributed by atoms with Crippen LogP contribution in [-0.2, 0) is 4.79 Å². The van der Waals surface area contributed by atoms with Crippen LogP contribution < -0.4 is 29.9 Å². The molecule has 3 amide bonds. The molecular formula is C34H41N5O5. The Hall–Kier alpha value is -4.73. The van der Waals surface area contributed by atoms with E-state index in [0.717, 1.165) is 44.8 Å². The summed E-state index contributed by atoms with van der Waals surface area (Å²) in [5.41, 5.74) is 4.67. The second kappa shape index (κ2) is 14.2. The van der Waals surface area contributed by atoms with Gasteiger partial charge in [0.15, 0.2) is 0 Å². The van der Waals surface area contributed by atoms with Crippen LogP contribution in [0.4, 0.5) is 17.1 Å². The van der Waals surface area contributed by atoms with Gasteiger partial charge in [-0.15, -0.1) is 0 Å². The van der Waals surface area contributed by atoms with Crippen molar-refractivity contribution >= 4 is 34.8 Å². The van der Waals surface area contributed by atoms with Gasteiger partial charge < -0.3 is 34.8 Å². The van der Waals surface area contributed by atoms with Crippen LogP contribution in [0.1, 0.15) is 45.5 Å². The molecule has 2 heterocycles.